The first-order valence-electron chi connectivity index (χ1n) is 7.46. The second-order valence-electron chi connectivity index (χ2n) is 5.68. The lowest BCUT2D eigenvalue weighted by molar-refractivity contribution is -0.137. The minimum Gasteiger partial charge on any atom is -0.393 e. The zero-order valence-electron chi connectivity index (χ0n) is 11.8. The molecule has 3 atom stereocenters. The summed E-state index contributed by atoms with van der Waals surface area (Å²) in [7, 11) is 0. The van der Waals surface area contributed by atoms with Crippen LogP contribution in [-0.2, 0) is 9.53 Å². The van der Waals surface area contributed by atoms with Crippen LogP contribution in [0.2, 0.25) is 0 Å². The quantitative estimate of drug-likeness (QED) is 0.775. The monoisotopic (exact) mass is 270 g/mol. The third-order valence-electron chi connectivity index (χ3n) is 4.25. The van der Waals surface area contributed by atoms with Crippen molar-refractivity contribution >= 4 is 5.91 Å². The van der Waals surface area contributed by atoms with Gasteiger partial charge in [0.15, 0.2) is 0 Å². The molecule has 1 aliphatic carbocycles. The van der Waals surface area contributed by atoms with Gasteiger partial charge in [-0.1, -0.05) is 12.8 Å². The number of nitrogens with one attached hydrogen (secondary N) is 1. The Morgan fingerprint density at radius 1 is 1.37 bits per heavy atom. The average Bonchev–Trinajstić information content (AvgIpc) is 2.46. The van der Waals surface area contributed by atoms with E-state index in [0.29, 0.717) is 32.2 Å². The molecule has 0 aromatic carbocycles. The van der Waals surface area contributed by atoms with Gasteiger partial charge in [0.2, 0.25) is 5.91 Å². The van der Waals surface area contributed by atoms with Crippen molar-refractivity contribution < 1.29 is 14.6 Å². The van der Waals surface area contributed by atoms with Crippen molar-refractivity contribution in [1.82, 2.24) is 10.2 Å². The minimum absolute atomic E-state index is 0.147. The molecule has 3 unspecified atom stereocenters. The molecule has 1 saturated heterocycles. The van der Waals surface area contributed by atoms with Crippen molar-refractivity contribution in [3.63, 3.8) is 0 Å². The number of rotatable bonds is 4. The fourth-order valence-electron chi connectivity index (χ4n) is 2.90. The lowest BCUT2D eigenvalue weighted by atomic mass is 9.86. The highest BCUT2D eigenvalue weighted by atomic mass is 16.5. The maximum Gasteiger partial charge on any atom is 0.239 e. The summed E-state index contributed by atoms with van der Waals surface area (Å²) in [5.41, 5.74) is 0. The average molecular weight is 270 g/mol. The minimum atomic E-state index is -0.202. The van der Waals surface area contributed by atoms with Gasteiger partial charge in [-0.25, -0.2) is 0 Å². The Bertz CT molecular complexity index is 292. The third-order valence-corrected chi connectivity index (χ3v) is 4.25. The number of hydrogen-bond acceptors (Lipinski definition) is 4. The third kappa shape index (κ3) is 4.16. The summed E-state index contributed by atoms with van der Waals surface area (Å²) in [4.78, 5) is 14.1. The SMILES string of the molecule is CC(NCC1CCCCC1O)C(=O)N1CCOCC1. The summed E-state index contributed by atoms with van der Waals surface area (Å²) < 4.78 is 5.25. The van der Waals surface area contributed by atoms with Crippen LogP contribution in [-0.4, -0.2) is 60.9 Å². The summed E-state index contributed by atoms with van der Waals surface area (Å²) in [5.74, 6) is 0.447. The predicted molar refractivity (Wildman–Crippen MR) is 72.8 cm³/mol. The van der Waals surface area contributed by atoms with Gasteiger partial charge in [-0.05, 0) is 25.7 Å². The lowest BCUT2D eigenvalue weighted by Crippen LogP contribution is -2.50. The first kappa shape index (κ1) is 14.8. The van der Waals surface area contributed by atoms with Gasteiger partial charge in [0.05, 0.1) is 25.4 Å². The number of amides is 1. The topological polar surface area (TPSA) is 61.8 Å². The number of ether oxygens (including phenoxy) is 1. The molecule has 19 heavy (non-hydrogen) atoms. The maximum absolute atomic E-state index is 12.2. The molecule has 110 valence electrons. The number of carbonyl (C=O) groups is 1. The molecule has 2 rings (SSSR count). The molecule has 0 radical (unpaired) electrons. The highest BCUT2D eigenvalue weighted by Gasteiger charge is 2.26. The highest BCUT2D eigenvalue weighted by molar-refractivity contribution is 5.81. The molecule has 1 aliphatic heterocycles. The van der Waals surface area contributed by atoms with Crippen molar-refractivity contribution in [2.75, 3.05) is 32.8 Å². The number of carbonyl (C=O) groups excluding carboxylic acids is 1. The highest BCUT2D eigenvalue weighted by Crippen LogP contribution is 2.23. The zero-order chi connectivity index (χ0) is 13.7. The number of nitrogens with zero attached hydrogens (tertiary/aromatic N) is 1. The van der Waals surface area contributed by atoms with E-state index >= 15 is 0 Å². The van der Waals surface area contributed by atoms with Gasteiger partial charge >= 0.3 is 0 Å². The van der Waals surface area contributed by atoms with Gasteiger partial charge < -0.3 is 20.1 Å². The van der Waals surface area contributed by atoms with E-state index in [9.17, 15) is 9.90 Å². The van der Waals surface area contributed by atoms with Gasteiger partial charge in [-0.3, -0.25) is 4.79 Å². The Balaban J connectivity index is 1.73. The van der Waals surface area contributed by atoms with E-state index in [2.05, 4.69) is 5.32 Å². The normalized spacial score (nSPS) is 30.1. The summed E-state index contributed by atoms with van der Waals surface area (Å²) in [6.07, 6.45) is 4.08. The fourth-order valence-corrected chi connectivity index (χ4v) is 2.90. The van der Waals surface area contributed by atoms with Crippen molar-refractivity contribution in [2.24, 2.45) is 5.92 Å². The Morgan fingerprint density at radius 3 is 2.74 bits per heavy atom. The molecular weight excluding hydrogens is 244 g/mol. The van der Waals surface area contributed by atoms with Crippen LogP contribution in [0.15, 0.2) is 0 Å². The molecule has 0 aromatic rings. The molecule has 1 saturated carbocycles. The van der Waals surface area contributed by atoms with Crippen LogP contribution in [0, 0.1) is 5.92 Å². The molecule has 2 aliphatic rings. The summed E-state index contributed by atoms with van der Waals surface area (Å²) in [6, 6.07) is -0.174. The Labute approximate surface area is 115 Å². The van der Waals surface area contributed by atoms with Crippen LogP contribution in [0.5, 0.6) is 0 Å². The van der Waals surface area contributed by atoms with Crippen molar-refractivity contribution in [1.29, 1.82) is 0 Å². The van der Waals surface area contributed by atoms with E-state index in [1.54, 1.807) is 0 Å². The second-order valence-corrected chi connectivity index (χ2v) is 5.68. The number of aliphatic hydroxyl groups excluding tert-OH is 1. The molecule has 0 spiro atoms. The molecule has 5 heteroatoms. The van der Waals surface area contributed by atoms with Crippen LogP contribution in [0.3, 0.4) is 0 Å². The Morgan fingerprint density at radius 2 is 2.05 bits per heavy atom. The van der Waals surface area contributed by atoms with Gasteiger partial charge in [0.25, 0.3) is 0 Å². The molecule has 0 aromatic heterocycles. The molecule has 1 amide bonds. The van der Waals surface area contributed by atoms with Gasteiger partial charge in [0, 0.05) is 19.6 Å². The Hall–Kier alpha value is -0.650. The van der Waals surface area contributed by atoms with Crippen LogP contribution in [0.4, 0.5) is 0 Å². The van der Waals surface area contributed by atoms with Crippen molar-refractivity contribution in [2.45, 2.75) is 44.8 Å². The van der Waals surface area contributed by atoms with E-state index in [0.717, 1.165) is 25.8 Å². The molecule has 2 fully saturated rings. The summed E-state index contributed by atoms with van der Waals surface area (Å²) >= 11 is 0. The van der Waals surface area contributed by atoms with E-state index in [-0.39, 0.29) is 18.1 Å². The summed E-state index contributed by atoms with van der Waals surface area (Å²) in [6.45, 7) is 5.30. The predicted octanol–water partition coefficient (Wildman–Crippen LogP) is 0.374. The molecular formula is C14H26N2O3. The van der Waals surface area contributed by atoms with E-state index < -0.39 is 0 Å². The van der Waals surface area contributed by atoms with E-state index in [1.165, 1.54) is 6.42 Å². The van der Waals surface area contributed by atoms with Gasteiger partial charge in [-0.15, -0.1) is 0 Å². The van der Waals surface area contributed by atoms with Crippen LogP contribution < -0.4 is 5.32 Å². The molecule has 0 bridgehead atoms. The second kappa shape index (κ2) is 7.22. The van der Waals surface area contributed by atoms with Crippen molar-refractivity contribution in [3.8, 4) is 0 Å². The molecule has 2 N–H and O–H groups in total. The summed E-state index contributed by atoms with van der Waals surface area (Å²) in [5, 5.41) is 13.2. The smallest absolute Gasteiger partial charge is 0.239 e. The number of morpholine rings is 1. The lowest BCUT2D eigenvalue weighted by Gasteiger charge is -2.32. The Kier molecular flexibility index (Phi) is 5.60. The zero-order valence-corrected chi connectivity index (χ0v) is 11.8. The van der Waals surface area contributed by atoms with Gasteiger partial charge in [0.1, 0.15) is 0 Å². The van der Waals surface area contributed by atoms with E-state index in [4.69, 9.17) is 4.74 Å². The molecule has 5 nitrogen and oxygen atoms in total. The fraction of sp³-hybridized carbons (Fsp3) is 0.929. The number of hydrogen-bond donors (Lipinski definition) is 2. The van der Waals surface area contributed by atoms with Crippen LogP contribution in [0.1, 0.15) is 32.6 Å². The molecule has 1 heterocycles. The van der Waals surface area contributed by atoms with E-state index in [1.807, 2.05) is 11.8 Å². The van der Waals surface area contributed by atoms with Crippen molar-refractivity contribution in [3.05, 3.63) is 0 Å². The first-order chi connectivity index (χ1) is 9.18. The maximum atomic E-state index is 12.2. The van der Waals surface area contributed by atoms with Gasteiger partial charge in [-0.2, -0.15) is 0 Å². The number of aliphatic hydroxyl groups is 1. The van der Waals surface area contributed by atoms with Crippen LogP contribution >= 0.6 is 0 Å². The standard InChI is InChI=1S/C14H26N2O3/c1-11(14(18)16-6-8-19-9-7-16)15-10-12-4-2-3-5-13(12)17/h11-13,15,17H,2-10H2,1H3. The largest absolute Gasteiger partial charge is 0.393 e. The first-order valence-corrected chi connectivity index (χ1v) is 7.46. The van der Waals surface area contributed by atoms with Crippen LogP contribution in [0.25, 0.3) is 0 Å².